The number of carbonyl (C=O) groups excluding carboxylic acids is 1. The highest BCUT2D eigenvalue weighted by atomic mass is 35.5. The summed E-state index contributed by atoms with van der Waals surface area (Å²) in [5.74, 6) is -0.463. The van der Waals surface area contributed by atoms with Crippen molar-refractivity contribution in [2.24, 2.45) is 0 Å². The molecule has 29 heavy (non-hydrogen) atoms. The van der Waals surface area contributed by atoms with Crippen LogP contribution < -0.4 is 0 Å². The van der Waals surface area contributed by atoms with Crippen molar-refractivity contribution < 1.29 is 9.53 Å². The maximum absolute atomic E-state index is 12.9. The fourth-order valence-electron chi connectivity index (χ4n) is 2.96. The van der Waals surface area contributed by atoms with Crippen LogP contribution >= 0.6 is 34.8 Å². The Kier molecular flexibility index (Phi) is 5.72. The first kappa shape index (κ1) is 19.7. The first-order valence-electron chi connectivity index (χ1n) is 8.78. The average molecular weight is 443 g/mol. The summed E-state index contributed by atoms with van der Waals surface area (Å²) in [7, 11) is 0. The molecule has 4 aromatic rings. The molecule has 1 aromatic heterocycles. The molecule has 3 nitrogen and oxygen atoms in total. The van der Waals surface area contributed by atoms with Crippen molar-refractivity contribution in [1.29, 1.82) is 0 Å². The van der Waals surface area contributed by atoms with E-state index in [1.54, 1.807) is 30.3 Å². The molecule has 0 radical (unpaired) electrons. The number of esters is 1. The van der Waals surface area contributed by atoms with Crippen LogP contribution in [0.2, 0.25) is 15.1 Å². The summed E-state index contributed by atoms with van der Waals surface area (Å²) in [6.45, 7) is 0.168. The minimum Gasteiger partial charge on any atom is -0.457 e. The molecule has 4 rings (SSSR count). The van der Waals surface area contributed by atoms with E-state index in [2.05, 4.69) is 4.98 Å². The van der Waals surface area contributed by atoms with Crippen LogP contribution in [0, 0.1) is 0 Å². The third kappa shape index (κ3) is 4.38. The van der Waals surface area contributed by atoms with E-state index in [-0.39, 0.29) is 6.61 Å². The molecule has 0 bridgehead atoms. The van der Waals surface area contributed by atoms with E-state index in [0.29, 0.717) is 37.2 Å². The van der Waals surface area contributed by atoms with Crippen LogP contribution in [0.1, 0.15) is 15.9 Å². The van der Waals surface area contributed by atoms with Gasteiger partial charge in [0.05, 0.1) is 26.8 Å². The zero-order valence-corrected chi connectivity index (χ0v) is 17.3. The van der Waals surface area contributed by atoms with Gasteiger partial charge in [-0.2, -0.15) is 0 Å². The molecule has 0 atom stereocenters. The van der Waals surface area contributed by atoms with Crippen LogP contribution in [-0.2, 0) is 11.3 Å². The van der Waals surface area contributed by atoms with Gasteiger partial charge >= 0.3 is 5.97 Å². The first-order valence-corrected chi connectivity index (χ1v) is 9.91. The Morgan fingerprint density at radius 3 is 2.28 bits per heavy atom. The zero-order chi connectivity index (χ0) is 20.4. The molecular weight excluding hydrogens is 429 g/mol. The number of benzene rings is 3. The molecule has 3 aromatic carbocycles. The lowest BCUT2D eigenvalue weighted by molar-refractivity contribution is 0.0475. The molecule has 0 saturated heterocycles. The lowest BCUT2D eigenvalue weighted by atomic mass is 10.0. The third-order valence-electron chi connectivity index (χ3n) is 4.42. The summed E-state index contributed by atoms with van der Waals surface area (Å²) in [5.41, 5.74) is 3.25. The van der Waals surface area contributed by atoms with E-state index >= 15 is 0 Å². The Balaban J connectivity index is 1.78. The largest absolute Gasteiger partial charge is 0.457 e. The number of fused-ring (bicyclic) bond motifs is 1. The van der Waals surface area contributed by atoms with E-state index in [0.717, 1.165) is 11.1 Å². The highest BCUT2D eigenvalue weighted by Gasteiger charge is 2.17. The second-order valence-corrected chi connectivity index (χ2v) is 7.66. The summed E-state index contributed by atoms with van der Waals surface area (Å²) in [4.78, 5) is 17.6. The van der Waals surface area contributed by atoms with Crippen LogP contribution in [0.25, 0.3) is 22.2 Å². The van der Waals surface area contributed by atoms with Crippen LogP contribution in [0.15, 0.2) is 72.8 Å². The van der Waals surface area contributed by atoms with Gasteiger partial charge in [0.1, 0.15) is 6.61 Å². The quantitative estimate of drug-likeness (QED) is 0.313. The Labute approximate surface area is 182 Å². The van der Waals surface area contributed by atoms with Crippen molar-refractivity contribution in [3.8, 4) is 11.3 Å². The van der Waals surface area contributed by atoms with Gasteiger partial charge in [0.15, 0.2) is 0 Å². The molecule has 0 aliphatic carbocycles. The fourth-order valence-corrected chi connectivity index (χ4v) is 3.41. The van der Waals surface area contributed by atoms with Crippen LogP contribution in [0.4, 0.5) is 0 Å². The molecule has 0 saturated carbocycles. The van der Waals surface area contributed by atoms with Crippen LogP contribution in [0.5, 0.6) is 0 Å². The highest BCUT2D eigenvalue weighted by Crippen LogP contribution is 2.32. The molecule has 6 heteroatoms. The van der Waals surface area contributed by atoms with E-state index in [9.17, 15) is 4.79 Å². The summed E-state index contributed by atoms with van der Waals surface area (Å²) in [5, 5.41) is 1.91. The number of hydrogen-bond acceptors (Lipinski definition) is 3. The van der Waals surface area contributed by atoms with Gasteiger partial charge in [-0.1, -0.05) is 77.3 Å². The second kappa shape index (κ2) is 8.42. The van der Waals surface area contributed by atoms with Gasteiger partial charge in [-0.25, -0.2) is 9.78 Å². The minimum absolute atomic E-state index is 0.168. The molecular formula is C23H14Cl3NO2. The third-order valence-corrected chi connectivity index (χ3v) is 5.40. The minimum atomic E-state index is -0.463. The van der Waals surface area contributed by atoms with Crippen molar-refractivity contribution >= 4 is 51.7 Å². The molecule has 1 heterocycles. The fraction of sp³-hybridized carbons (Fsp3) is 0.0435. The summed E-state index contributed by atoms with van der Waals surface area (Å²) >= 11 is 18.3. The number of nitrogens with zero attached hydrogens (tertiary/aromatic N) is 1. The van der Waals surface area contributed by atoms with Gasteiger partial charge in [0.2, 0.25) is 0 Å². The number of pyridine rings is 1. The maximum Gasteiger partial charge on any atom is 0.339 e. The number of carbonyl (C=O) groups is 1. The van der Waals surface area contributed by atoms with Crippen molar-refractivity contribution in [3.63, 3.8) is 0 Å². The lowest BCUT2D eigenvalue weighted by Crippen LogP contribution is -2.07. The molecule has 0 N–H and O–H groups in total. The summed E-state index contributed by atoms with van der Waals surface area (Å²) in [6, 6.07) is 21.7. The van der Waals surface area contributed by atoms with Crippen molar-refractivity contribution in [3.05, 3.63) is 99.0 Å². The molecule has 0 aliphatic rings. The second-order valence-electron chi connectivity index (χ2n) is 6.41. The van der Waals surface area contributed by atoms with Gasteiger partial charge in [-0.15, -0.1) is 0 Å². The predicted molar refractivity (Wildman–Crippen MR) is 118 cm³/mol. The van der Waals surface area contributed by atoms with Gasteiger partial charge in [-0.05, 0) is 35.9 Å². The lowest BCUT2D eigenvalue weighted by Gasteiger charge is -2.11. The standard InChI is InChI=1S/C23H14Cl3NO2/c24-16-8-6-15(7-9-16)21-11-18(17-10-19(25)20(26)12-22(17)27-21)23(28)29-13-14-4-2-1-3-5-14/h1-12H,13H2. The molecule has 144 valence electrons. The van der Waals surface area contributed by atoms with E-state index in [4.69, 9.17) is 39.5 Å². The van der Waals surface area contributed by atoms with Crippen LogP contribution in [-0.4, -0.2) is 11.0 Å². The van der Waals surface area contributed by atoms with Crippen molar-refractivity contribution in [2.75, 3.05) is 0 Å². The topological polar surface area (TPSA) is 39.2 Å². The van der Waals surface area contributed by atoms with Crippen LogP contribution in [0.3, 0.4) is 0 Å². The Morgan fingerprint density at radius 1 is 0.862 bits per heavy atom. The van der Waals surface area contributed by atoms with E-state index < -0.39 is 5.97 Å². The Bertz CT molecular complexity index is 1190. The van der Waals surface area contributed by atoms with E-state index in [1.165, 1.54) is 0 Å². The Morgan fingerprint density at radius 2 is 1.55 bits per heavy atom. The smallest absolute Gasteiger partial charge is 0.339 e. The number of ether oxygens (including phenoxy) is 1. The maximum atomic E-state index is 12.9. The normalized spacial score (nSPS) is 10.9. The number of hydrogen-bond donors (Lipinski definition) is 0. The molecule has 0 aliphatic heterocycles. The first-order chi connectivity index (χ1) is 14.0. The van der Waals surface area contributed by atoms with Crippen molar-refractivity contribution in [1.82, 2.24) is 4.98 Å². The number of halogens is 3. The predicted octanol–water partition coefficient (Wildman–Crippen LogP) is 7.22. The number of rotatable bonds is 4. The summed E-state index contributed by atoms with van der Waals surface area (Å²) in [6.07, 6.45) is 0. The average Bonchev–Trinajstić information content (AvgIpc) is 2.73. The van der Waals surface area contributed by atoms with Crippen molar-refractivity contribution in [2.45, 2.75) is 6.61 Å². The highest BCUT2D eigenvalue weighted by molar-refractivity contribution is 6.43. The van der Waals surface area contributed by atoms with Gasteiger partial charge < -0.3 is 4.74 Å². The molecule has 0 fully saturated rings. The SMILES string of the molecule is O=C(OCc1ccccc1)c1cc(-c2ccc(Cl)cc2)nc2cc(Cl)c(Cl)cc12. The van der Waals surface area contributed by atoms with Gasteiger partial charge in [-0.3, -0.25) is 0 Å². The monoisotopic (exact) mass is 441 g/mol. The van der Waals surface area contributed by atoms with E-state index in [1.807, 2.05) is 42.5 Å². The number of aromatic nitrogens is 1. The van der Waals surface area contributed by atoms with Gasteiger partial charge in [0.25, 0.3) is 0 Å². The molecule has 0 amide bonds. The molecule has 0 spiro atoms. The Hall–Kier alpha value is -2.59. The molecule has 0 unspecified atom stereocenters. The zero-order valence-electron chi connectivity index (χ0n) is 15.0. The van der Waals surface area contributed by atoms with Gasteiger partial charge in [0, 0.05) is 16.0 Å². The summed E-state index contributed by atoms with van der Waals surface area (Å²) < 4.78 is 5.54.